The minimum Gasteiger partial charge on any atom is -1.00 e. The monoisotopic (exact) mass is 205 g/mol. The first-order valence-electron chi connectivity index (χ1n) is 2.83. The maximum absolute atomic E-state index is 10.2. The van der Waals surface area contributed by atoms with E-state index in [4.69, 9.17) is 10.3 Å². The molecule has 0 radical (unpaired) electrons. The van der Waals surface area contributed by atoms with Crippen molar-refractivity contribution in [2.45, 2.75) is 12.5 Å². The summed E-state index contributed by atoms with van der Waals surface area (Å²) in [4.78, 5) is 10.2. The summed E-state index contributed by atoms with van der Waals surface area (Å²) in [5, 5.41) is 16.7. The zero-order valence-corrected chi connectivity index (χ0v) is 10.6. The molecule has 0 saturated carbocycles. The first-order valence-corrected chi connectivity index (χ1v) is 4.23. The summed E-state index contributed by atoms with van der Waals surface area (Å²) < 4.78 is 0. The molecule has 0 aromatic rings. The molecule has 0 heterocycles. The summed E-state index contributed by atoms with van der Waals surface area (Å²) in [7, 11) is 0. The summed E-state index contributed by atoms with van der Waals surface area (Å²) in [6, 6.07) is -0.826. The summed E-state index contributed by atoms with van der Waals surface area (Å²) in [6.45, 7) is 0. The fourth-order valence-corrected chi connectivity index (χ4v) is 0.950. The van der Waals surface area contributed by atoms with E-state index < -0.39 is 12.0 Å². The predicted octanol–water partition coefficient (Wildman–Crippen LogP) is -2.71. The molecule has 0 aliphatic rings. The second-order valence-electron chi connectivity index (χ2n) is 1.80. The van der Waals surface area contributed by atoms with Gasteiger partial charge >= 0.3 is 57.4 Å². The Kier molecular flexibility index (Phi) is 12.8. The van der Waals surface area contributed by atoms with Crippen molar-refractivity contribution in [3.05, 3.63) is 0 Å². The number of thioether (sulfide) groups is 1. The number of carbonyl (C=O) groups is 1. The molecule has 0 aromatic heterocycles. The predicted molar refractivity (Wildman–Crippen MR) is 40.5 cm³/mol. The van der Waals surface area contributed by atoms with Gasteiger partial charge in [0.15, 0.2) is 0 Å². The molecule has 6 heteroatoms. The van der Waals surface area contributed by atoms with Crippen molar-refractivity contribution in [2.24, 2.45) is 0 Å². The van der Waals surface area contributed by atoms with Crippen LogP contribution in [-0.2, 0) is 4.79 Å². The third kappa shape index (κ3) is 7.73. The van der Waals surface area contributed by atoms with Crippen LogP contribution in [0, 0.1) is 0 Å². The number of hydrogen-bond acceptors (Lipinski definition) is 4. The van der Waals surface area contributed by atoms with Crippen molar-refractivity contribution in [2.75, 3.05) is 12.0 Å². The standard InChI is InChI=1S/C5H11NO3S.K.H/c1-10-3-2-4(6-9)5(7)8;;/h4,6,9H,2-3H2,1H3,(H,7,8);;/q;+1;-1. The quantitative estimate of drug-likeness (QED) is 0.336. The second-order valence-corrected chi connectivity index (χ2v) is 2.79. The van der Waals surface area contributed by atoms with Crippen LogP contribution >= 0.6 is 11.8 Å². The van der Waals surface area contributed by atoms with Gasteiger partial charge in [0.1, 0.15) is 6.04 Å². The molecule has 0 fully saturated rings. The fraction of sp³-hybridized carbons (Fsp3) is 0.800. The van der Waals surface area contributed by atoms with E-state index in [2.05, 4.69) is 0 Å². The molecule has 0 aliphatic heterocycles. The van der Waals surface area contributed by atoms with Gasteiger partial charge in [0.2, 0.25) is 0 Å². The van der Waals surface area contributed by atoms with Gasteiger partial charge in [0.05, 0.1) is 0 Å². The van der Waals surface area contributed by atoms with Gasteiger partial charge in [-0.1, -0.05) is 0 Å². The Morgan fingerprint density at radius 2 is 2.36 bits per heavy atom. The van der Waals surface area contributed by atoms with E-state index >= 15 is 0 Å². The molecule has 0 aliphatic carbocycles. The zero-order chi connectivity index (χ0) is 7.98. The smallest absolute Gasteiger partial charge is 1.00 e. The molecular weight excluding hydrogens is 193 g/mol. The second kappa shape index (κ2) is 9.46. The van der Waals surface area contributed by atoms with Crippen molar-refractivity contribution < 1.29 is 67.9 Å². The first kappa shape index (κ1) is 14.9. The Bertz CT molecular complexity index is 119. The van der Waals surface area contributed by atoms with E-state index in [0.717, 1.165) is 5.75 Å². The minimum atomic E-state index is -1.02. The maximum atomic E-state index is 10.2. The van der Waals surface area contributed by atoms with E-state index in [1.54, 1.807) is 17.2 Å². The number of hydroxylamine groups is 1. The van der Waals surface area contributed by atoms with Gasteiger partial charge in [-0.2, -0.15) is 17.2 Å². The number of nitrogens with one attached hydrogen (secondary N) is 1. The number of carboxylic acids is 1. The van der Waals surface area contributed by atoms with Crippen LogP contribution in [0.4, 0.5) is 0 Å². The molecule has 1 unspecified atom stereocenters. The van der Waals surface area contributed by atoms with E-state index in [0.29, 0.717) is 6.42 Å². The van der Waals surface area contributed by atoms with Gasteiger partial charge in [-0.25, -0.2) is 0 Å². The molecule has 62 valence electrons. The van der Waals surface area contributed by atoms with Crippen LogP contribution in [0.5, 0.6) is 0 Å². The summed E-state index contributed by atoms with van der Waals surface area (Å²) in [5.41, 5.74) is 1.72. The van der Waals surface area contributed by atoms with E-state index in [1.807, 2.05) is 6.26 Å². The summed E-state index contributed by atoms with van der Waals surface area (Å²) in [6.07, 6.45) is 2.32. The van der Waals surface area contributed by atoms with Crippen LogP contribution in [0.2, 0.25) is 0 Å². The van der Waals surface area contributed by atoms with Crippen LogP contribution in [0.1, 0.15) is 7.85 Å². The van der Waals surface area contributed by atoms with Gasteiger partial charge in [0, 0.05) is 0 Å². The Morgan fingerprint density at radius 1 is 1.82 bits per heavy atom. The van der Waals surface area contributed by atoms with E-state index in [9.17, 15) is 4.79 Å². The van der Waals surface area contributed by atoms with Gasteiger partial charge in [-0.15, -0.1) is 0 Å². The Labute approximate surface area is 114 Å². The van der Waals surface area contributed by atoms with Gasteiger partial charge in [0.25, 0.3) is 0 Å². The van der Waals surface area contributed by atoms with Crippen molar-refractivity contribution in [1.29, 1.82) is 0 Å². The Morgan fingerprint density at radius 3 is 2.64 bits per heavy atom. The molecule has 3 N–H and O–H groups in total. The molecule has 0 saturated heterocycles. The largest absolute Gasteiger partial charge is 1.00 e. The fourth-order valence-electron chi connectivity index (χ4n) is 0.479. The third-order valence-electron chi connectivity index (χ3n) is 1.06. The van der Waals surface area contributed by atoms with Crippen LogP contribution in [-0.4, -0.2) is 34.3 Å². The molecule has 11 heavy (non-hydrogen) atoms. The maximum Gasteiger partial charge on any atom is 1.00 e. The topological polar surface area (TPSA) is 69.6 Å². The van der Waals surface area contributed by atoms with Crippen molar-refractivity contribution in [3.8, 4) is 0 Å². The summed E-state index contributed by atoms with van der Waals surface area (Å²) in [5.74, 6) is -0.290. The van der Waals surface area contributed by atoms with E-state index in [-0.39, 0.29) is 52.8 Å². The van der Waals surface area contributed by atoms with Gasteiger partial charge in [-0.3, -0.25) is 4.79 Å². The average molecular weight is 205 g/mol. The SMILES string of the molecule is CSCCC(NO)C(=O)O.[H-].[K+]. The number of carboxylic acid groups (broad SMARTS) is 1. The number of aliphatic carboxylic acids is 1. The van der Waals surface area contributed by atoms with Crippen LogP contribution < -0.4 is 56.9 Å². The molecule has 0 aromatic carbocycles. The molecule has 0 bridgehead atoms. The minimum absolute atomic E-state index is 0. The Hall–Kier alpha value is 1.38. The van der Waals surface area contributed by atoms with Crippen molar-refractivity contribution >= 4 is 17.7 Å². The molecule has 1 atom stereocenters. The molecule has 0 amide bonds. The van der Waals surface area contributed by atoms with Gasteiger partial charge in [-0.05, 0) is 18.4 Å². The molecular formula is C5H12KNO3S. The zero-order valence-electron chi connectivity index (χ0n) is 7.70. The Balaban J connectivity index is -0.000000405. The summed E-state index contributed by atoms with van der Waals surface area (Å²) >= 11 is 1.55. The first-order chi connectivity index (χ1) is 4.72. The average Bonchev–Trinajstić information content (AvgIpc) is 1.89. The molecule has 4 nitrogen and oxygen atoms in total. The molecule has 0 rings (SSSR count). The normalized spacial score (nSPS) is 11.8. The number of hydrogen-bond donors (Lipinski definition) is 3. The molecule has 0 spiro atoms. The van der Waals surface area contributed by atoms with Crippen LogP contribution in [0.15, 0.2) is 0 Å². The van der Waals surface area contributed by atoms with Crippen LogP contribution in [0.25, 0.3) is 0 Å². The third-order valence-corrected chi connectivity index (χ3v) is 1.71. The number of rotatable bonds is 5. The van der Waals surface area contributed by atoms with Crippen molar-refractivity contribution in [3.63, 3.8) is 0 Å². The van der Waals surface area contributed by atoms with E-state index in [1.165, 1.54) is 0 Å². The van der Waals surface area contributed by atoms with Gasteiger partial charge < -0.3 is 11.7 Å². The van der Waals surface area contributed by atoms with Crippen molar-refractivity contribution in [1.82, 2.24) is 5.48 Å². The van der Waals surface area contributed by atoms with Crippen LogP contribution in [0.3, 0.4) is 0 Å².